The fourth-order valence-electron chi connectivity index (χ4n) is 2.37. The second kappa shape index (κ2) is 9.78. The van der Waals surface area contributed by atoms with Crippen LogP contribution in [0, 0.1) is 0 Å². The van der Waals surface area contributed by atoms with Crippen LogP contribution in [0.15, 0.2) is 60.7 Å². The highest BCUT2D eigenvalue weighted by Gasteiger charge is 2.21. The van der Waals surface area contributed by atoms with Gasteiger partial charge in [-0.25, -0.2) is 0 Å². The average Bonchev–Trinajstić information content (AvgIpc) is 2.46. The van der Waals surface area contributed by atoms with Gasteiger partial charge < -0.3 is 10.6 Å². The Morgan fingerprint density at radius 1 is 0.600 bits per heavy atom. The third-order valence-electron chi connectivity index (χ3n) is 3.27. The van der Waals surface area contributed by atoms with E-state index < -0.39 is 0 Å². The zero-order valence-electron chi connectivity index (χ0n) is 11.7. The van der Waals surface area contributed by atoms with Crippen LogP contribution in [-0.2, 0) is 0 Å². The molecule has 0 aromatic heterocycles. The lowest BCUT2D eigenvalue weighted by Gasteiger charge is -2.27. The first-order chi connectivity index (χ1) is 8.86. The Kier molecular flexibility index (Phi) is 9.26. The van der Waals surface area contributed by atoms with Crippen molar-refractivity contribution in [2.24, 2.45) is 0 Å². The van der Waals surface area contributed by atoms with E-state index in [4.69, 9.17) is 0 Å². The van der Waals surface area contributed by atoms with Gasteiger partial charge in [-0.3, -0.25) is 0 Å². The standard InChI is InChI=1S/C16H20N2.2ClH/c1-17-15(13-9-5-3-6-10-13)16(18-2)14-11-7-4-8-12-14;;/h3-12,15-18H,1-2H3;2*1H. The third kappa shape index (κ3) is 4.50. The zero-order chi connectivity index (χ0) is 12.8. The molecule has 4 heteroatoms. The number of likely N-dealkylation sites (N-methyl/N-ethyl adjacent to an activating group) is 2. The number of nitrogens with one attached hydrogen (secondary N) is 2. The molecular weight excluding hydrogens is 291 g/mol. The SMILES string of the molecule is CNC(c1ccccc1)C(NC)c1ccccc1.Cl.Cl. The van der Waals surface area contributed by atoms with Gasteiger partial charge in [0.1, 0.15) is 0 Å². The van der Waals surface area contributed by atoms with Gasteiger partial charge in [-0.05, 0) is 25.2 Å². The Hall–Kier alpha value is -1.06. The summed E-state index contributed by atoms with van der Waals surface area (Å²) in [6.45, 7) is 0. The quantitative estimate of drug-likeness (QED) is 0.878. The van der Waals surface area contributed by atoms with Crippen molar-refractivity contribution >= 4 is 24.8 Å². The monoisotopic (exact) mass is 312 g/mol. The van der Waals surface area contributed by atoms with E-state index in [9.17, 15) is 0 Å². The van der Waals surface area contributed by atoms with Gasteiger partial charge >= 0.3 is 0 Å². The minimum Gasteiger partial charge on any atom is -0.311 e. The van der Waals surface area contributed by atoms with Crippen LogP contribution in [0.2, 0.25) is 0 Å². The lowest BCUT2D eigenvalue weighted by atomic mass is 9.93. The highest BCUT2D eigenvalue weighted by Crippen LogP contribution is 2.27. The fraction of sp³-hybridized carbons (Fsp3) is 0.250. The zero-order valence-corrected chi connectivity index (χ0v) is 13.4. The van der Waals surface area contributed by atoms with Crippen LogP contribution in [0.5, 0.6) is 0 Å². The molecule has 0 amide bonds. The highest BCUT2D eigenvalue weighted by molar-refractivity contribution is 5.85. The maximum atomic E-state index is 3.41. The molecule has 2 nitrogen and oxygen atoms in total. The maximum absolute atomic E-state index is 3.41. The summed E-state index contributed by atoms with van der Waals surface area (Å²) < 4.78 is 0. The first-order valence-corrected chi connectivity index (χ1v) is 6.31. The van der Waals surface area contributed by atoms with Gasteiger partial charge in [0.15, 0.2) is 0 Å². The molecule has 0 bridgehead atoms. The van der Waals surface area contributed by atoms with Crippen LogP contribution >= 0.6 is 24.8 Å². The number of hydrogen-bond acceptors (Lipinski definition) is 2. The van der Waals surface area contributed by atoms with Gasteiger partial charge in [0.25, 0.3) is 0 Å². The van der Waals surface area contributed by atoms with Crippen molar-refractivity contribution in [2.45, 2.75) is 12.1 Å². The van der Waals surface area contributed by atoms with Crippen LogP contribution in [-0.4, -0.2) is 14.1 Å². The van der Waals surface area contributed by atoms with Crippen LogP contribution < -0.4 is 10.6 Å². The van der Waals surface area contributed by atoms with Crippen molar-refractivity contribution in [3.63, 3.8) is 0 Å². The molecule has 2 unspecified atom stereocenters. The Morgan fingerprint density at radius 2 is 0.900 bits per heavy atom. The Balaban J connectivity index is 0.00000180. The van der Waals surface area contributed by atoms with Gasteiger partial charge in [0.2, 0.25) is 0 Å². The molecule has 0 spiro atoms. The van der Waals surface area contributed by atoms with Crippen LogP contribution in [0.4, 0.5) is 0 Å². The van der Waals surface area contributed by atoms with Crippen LogP contribution in [0.3, 0.4) is 0 Å². The van der Waals surface area contributed by atoms with E-state index in [1.165, 1.54) is 11.1 Å². The molecule has 0 aliphatic heterocycles. The van der Waals surface area contributed by atoms with E-state index in [0.717, 1.165) is 0 Å². The molecule has 0 saturated carbocycles. The molecule has 2 aromatic rings. The number of halogens is 2. The summed E-state index contributed by atoms with van der Waals surface area (Å²) in [5, 5.41) is 6.81. The minimum atomic E-state index is 0. The van der Waals surface area contributed by atoms with Gasteiger partial charge in [-0.15, -0.1) is 24.8 Å². The lowest BCUT2D eigenvalue weighted by Crippen LogP contribution is -2.31. The predicted molar refractivity (Wildman–Crippen MR) is 91.0 cm³/mol. The normalized spacial score (nSPS) is 12.7. The topological polar surface area (TPSA) is 24.1 Å². The summed E-state index contributed by atoms with van der Waals surface area (Å²) in [6, 6.07) is 21.6. The van der Waals surface area contributed by atoms with Crippen molar-refractivity contribution in [3.8, 4) is 0 Å². The molecule has 2 N–H and O–H groups in total. The smallest absolute Gasteiger partial charge is 0.0515 e. The molecule has 0 fully saturated rings. The van der Waals surface area contributed by atoms with E-state index in [1.807, 2.05) is 26.2 Å². The second-order valence-electron chi connectivity index (χ2n) is 4.35. The van der Waals surface area contributed by atoms with E-state index in [-0.39, 0.29) is 36.9 Å². The number of benzene rings is 2. The number of hydrogen-bond donors (Lipinski definition) is 2. The average molecular weight is 313 g/mol. The van der Waals surface area contributed by atoms with Crippen molar-refractivity contribution < 1.29 is 0 Å². The van der Waals surface area contributed by atoms with Crippen molar-refractivity contribution in [2.75, 3.05) is 14.1 Å². The fourth-order valence-corrected chi connectivity index (χ4v) is 2.37. The second-order valence-corrected chi connectivity index (χ2v) is 4.35. The molecule has 0 aliphatic rings. The van der Waals surface area contributed by atoms with Crippen molar-refractivity contribution in [1.29, 1.82) is 0 Å². The molecule has 2 rings (SSSR count). The molecule has 20 heavy (non-hydrogen) atoms. The summed E-state index contributed by atoms with van der Waals surface area (Å²) in [6.07, 6.45) is 0. The van der Waals surface area contributed by atoms with Gasteiger partial charge in [0.05, 0.1) is 12.1 Å². The van der Waals surface area contributed by atoms with Crippen molar-refractivity contribution in [3.05, 3.63) is 71.8 Å². The lowest BCUT2D eigenvalue weighted by molar-refractivity contribution is 0.432. The first kappa shape index (κ1) is 18.9. The Bertz CT molecular complexity index is 417. The summed E-state index contributed by atoms with van der Waals surface area (Å²) in [7, 11) is 4.01. The molecular formula is C16H22Cl2N2. The van der Waals surface area contributed by atoms with E-state index in [2.05, 4.69) is 59.2 Å². The first-order valence-electron chi connectivity index (χ1n) is 6.31. The molecule has 110 valence electrons. The summed E-state index contributed by atoms with van der Waals surface area (Å²) in [4.78, 5) is 0. The molecule has 0 saturated heterocycles. The van der Waals surface area contributed by atoms with Gasteiger partial charge in [0, 0.05) is 0 Å². The Labute approximate surface area is 133 Å². The van der Waals surface area contributed by atoms with E-state index in [0.29, 0.717) is 0 Å². The summed E-state index contributed by atoms with van der Waals surface area (Å²) in [5.74, 6) is 0. The number of rotatable bonds is 5. The summed E-state index contributed by atoms with van der Waals surface area (Å²) >= 11 is 0. The maximum Gasteiger partial charge on any atom is 0.0515 e. The molecule has 0 heterocycles. The molecule has 2 atom stereocenters. The third-order valence-corrected chi connectivity index (χ3v) is 3.27. The summed E-state index contributed by atoms with van der Waals surface area (Å²) in [5.41, 5.74) is 2.59. The minimum absolute atomic E-state index is 0. The van der Waals surface area contributed by atoms with E-state index in [1.54, 1.807) is 0 Å². The molecule has 0 aliphatic carbocycles. The highest BCUT2D eigenvalue weighted by atomic mass is 35.5. The predicted octanol–water partition coefficient (Wildman–Crippen LogP) is 3.75. The largest absolute Gasteiger partial charge is 0.311 e. The van der Waals surface area contributed by atoms with Gasteiger partial charge in [-0.1, -0.05) is 60.7 Å². The van der Waals surface area contributed by atoms with Crippen LogP contribution in [0.25, 0.3) is 0 Å². The van der Waals surface area contributed by atoms with Crippen molar-refractivity contribution in [1.82, 2.24) is 10.6 Å². The van der Waals surface area contributed by atoms with Gasteiger partial charge in [-0.2, -0.15) is 0 Å². The van der Waals surface area contributed by atoms with Crippen LogP contribution in [0.1, 0.15) is 23.2 Å². The molecule has 2 aromatic carbocycles. The Morgan fingerprint density at radius 3 is 1.15 bits per heavy atom. The van der Waals surface area contributed by atoms with E-state index >= 15 is 0 Å². The molecule has 0 radical (unpaired) electrons.